The molecule has 0 fully saturated rings. The summed E-state index contributed by atoms with van der Waals surface area (Å²) < 4.78 is 0. The van der Waals surface area contributed by atoms with Crippen molar-refractivity contribution in [2.75, 3.05) is 13.2 Å². The molecule has 0 radical (unpaired) electrons. The lowest BCUT2D eigenvalue weighted by Crippen LogP contribution is -2.54. The summed E-state index contributed by atoms with van der Waals surface area (Å²) in [6.45, 7) is 4.38. The Morgan fingerprint density at radius 1 is 1.29 bits per heavy atom. The molecule has 1 aromatic rings. The maximum absolute atomic E-state index is 11.1. The highest BCUT2D eigenvalue weighted by Gasteiger charge is 2.33. The summed E-state index contributed by atoms with van der Waals surface area (Å²) in [6, 6.07) is 9.13. The minimum absolute atomic E-state index is 0.329. The lowest BCUT2D eigenvalue weighted by Gasteiger charge is -2.33. The number of hydrogen-bond acceptors (Lipinski definition) is 3. The number of aliphatic hydroxyl groups is 2. The van der Waals surface area contributed by atoms with Gasteiger partial charge >= 0.3 is 0 Å². The highest BCUT2D eigenvalue weighted by molar-refractivity contribution is 5.81. The van der Waals surface area contributed by atoms with E-state index in [1.807, 2.05) is 30.3 Å². The van der Waals surface area contributed by atoms with Crippen molar-refractivity contribution < 1.29 is 15.0 Å². The second kappa shape index (κ2) is 5.61. The molecule has 4 nitrogen and oxygen atoms in total. The van der Waals surface area contributed by atoms with E-state index < -0.39 is 18.8 Å². The summed E-state index contributed by atoms with van der Waals surface area (Å²) in [6.07, 6.45) is 0. The first-order valence-corrected chi connectivity index (χ1v) is 5.31. The van der Waals surface area contributed by atoms with Crippen LogP contribution >= 0.6 is 0 Å². The van der Waals surface area contributed by atoms with Crippen LogP contribution in [0.1, 0.15) is 12.5 Å². The zero-order valence-corrected chi connectivity index (χ0v) is 9.81. The van der Waals surface area contributed by atoms with Gasteiger partial charge in [0.15, 0.2) is 0 Å². The second-order valence-electron chi connectivity index (χ2n) is 3.92. The maximum Gasteiger partial charge on any atom is 0.217 e. The molecule has 92 valence electrons. The highest BCUT2D eigenvalue weighted by atomic mass is 16.3. The summed E-state index contributed by atoms with van der Waals surface area (Å²) in [7, 11) is 0. The molecule has 0 unspecified atom stereocenters. The minimum Gasteiger partial charge on any atom is -0.393 e. The molecular weight excluding hydrogens is 218 g/mol. The number of amides is 1. The van der Waals surface area contributed by atoms with E-state index in [0.29, 0.717) is 5.57 Å². The standard InChI is InChI=1S/C13H17NO3/c1-10(12-6-4-3-5-7-12)13(8-15,9-16)14-11(2)17/h3-7,15-16H,1,8-9H2,2H3,(H,14,17). The molecule has 0 heterocycles. The Morgan fingerprint density at radius 3 is 2.24 bits per heavy atom. The van der Waals surface area contributed by atoms with E-state index in [2.05, 4.69) is 11.9 Å². The van der Waals surface area contributed by atoms with Crippen LogP contribution in [0, 0.1) is 0 Å². The highest BCUT2D eigenvalue weighted by Crippen LogP contribution is 2.25. The van der Waals surface area contributed by atoms with E-state index in [1.54, 1.807) is 0 Å². The Labute approximate surface area is 101 Å². The minimum atomic E-state index is -1.22. The van der Waals surface area contributed by atoms with E-state index in [-0.39, 0.29) is 5.91 Å². The van der Waals surface area contributed by atoms with Crippen molar-refractivity contribution in [1.82, 2.24) is 5.32 Å². The quantitative estimate of drug-likeness (QED) is 0.698. The van der Waals surface area contributed by atoms with Crippen LogP contribution in [-0.4, -0.2) is 34.9 Å². The normalized spacial score (nSPS) is 11.0. The van der Waals surface area contributed by atoms with Crippen LogP contribution in [0.5, 0.6) is 0 Å². The van der Waals surface area contributed by atoms with Gasteiger partial charge in [-0.05, 0) is 11.1 Å². The van der Waals surface area contributed by atoms with Crippen molar-refractivity contribution in [2.45, 2.75) is 12.5 Å². The van der Waals surface area contributed by atoms with E-state index in [9.17, 15) is 15.0 Å². The number of aliphatic hydroxyl groups excluding tert-OH is 2. The van der Waals surface area contributed by atoms with Gasteiger partial charge < -0.3 is 15.5 Å². The van der Waals surface area contributed by atoms with Crippen LogP contribution in [0.4, 0.5) is 0 Å². The fraction of sp³-hybridized carbons (Fsp3) is 0.308. The van der Waals surface area contributed by atoms with E-state index in [1.165, 1.54) is 6.92 Å². The Morgan fingerprint density at radius 2 is 1.82 bits per heavy atom. The van der Waals surface area contributed by atoms with E-state index in [0.717, 1.165) is 5.56 Å². The van der Waals surface area contributed by atoms with Crippen LogP contribution in [0.15, 0.2) is 36.9 Å². The summed E-state index contributed by atoms with van der Waals surface area (Å²) in [5.74, 6) is -0.329. The number of carbonyl (C=O) groups excluding carboxylic acids is 1. The summed E-state index contributed by atoms with van der Waals surface area (Å²) >= 11 is 0. The monoisotopic (exact) mass is 235 g/mol. The molecule has 0 saturated carbocycles. The number of benzene rings is 1. The van der Waals surface area contributed by atoms with Gasteiger partial charge in [0.25, 0.3) is 0 Å². The van der Waals surface area contributed by atoms with Gasteiger partial charge in [-0.3, -0.25) is 4.79 Å². The van der Waals surface area contributed by atoms with E-state index in [4.69, 9.17) is 0 Å². The van der Waals surface area contributed by atoms with Gasteiger partial charge in [-0.2, -0.15) is 0 Å². The predicted octanol–water partition coefficient (Wildman–Crippen LogP) is 0.559. The molecule has 0 aliphatic carbocycles. The third-order valence-corrected chi connectivity index (χ3v) is 2.66. The smallest absolute Gasteiger partial charge is 0.217 e. The molecule has 17 heavy (non-hydrogen) atoms. The Balaban J connectivity index is 3.07. The van der Waals surface area contributed by atoms with Crippen molar-refractivity contribution in [3.8, 4) is 0 Å². The SMILES string of the molecule is C=C(c1ccccc1)C(CO)(CO)NC(C)=O. The zero-order chi connectivity index (χ0) is 12.9. The van der Waals surface area contributed by atoms with Crippen molar-refractivity contribution in [3.63, 3.8) is 0 Å². The van der Waals surface area contributed by atoms with Gasteiger partial charge in [0.05, 0.1) is 13.2 Å². The number of rotatable bonds is 5. The first kappa shape index (κ1) is 13.4. The van der Waals surface area contributed by atoms with Crippen LogP contribution in [0.2, 0.25) is 0 Å². The van der Waals surface area contributed by atoms with Gasteiger partial charge in [-0.15, -0.1) is 0 Å². The molecule has 0 aromatic heterocycles. The first-order chi connectivity index (χ1) is 8.05. The number of hydrogen-bond donors (Lipinski definition) is 3. The van der Waals surface area contributed by atoms with Crippen molar-refractivity contribution in [1.29, 1.82) is 0 Å². The molecule has 0 atom stereocenters. The first-order valence-electron chi connectivity index (χ1n) is 5.31. The summed E-state index contributed by atoms with van der Waals surface area (Å²) in [4.78, 5) is 11.1. The average molecular weight is 235 g/mol. The molecule has 1 aromatic carbocycles. The summed E-state index contributed by atoms with van der Waals surface area (Å²) in [5.41, 5.74) is 0.0374. The molecule has 1 amide bonds. The third kappa shape index (κ3) is 2.93. The maximum atomic E-state index is 11.1. The summed E-state index contributed by atoms with van der Waals surface area (Å²) in [5, 5.41) is 21.4. The van der Waals surface area contributed by atoms with Crippen molar-refractivity contribution in [2.24, 2.45) is 0 Å². The van der Waals surface area contributed by atoms with Crippen LogP contribution in [0.3, 0.4) is 0 Å². The lowest BCUT2D eigenvalue weighted by molar-refractivity contribution is -0.121. The Bertz CT molecular complexity index is 396. The van der Waals surface area contributed by atoms with Gasteiger partial charge in [0.1, 0.15) is 5.54 Å². The fourth-order valence-electron chi connectivity index (χ4n) is 1.65. The van der Waals surface area contributed by atoms with Gasteiger partial charge in [0, 0.05) is 6.92 Å². The molecular formula is C13H17NO3. The van der Waals surface area contributed by atoms with Crippen molar-refractivity contribution >= 4 is 11.5 Å². The predicted molar refractivity (Wildman–Crippen MR) is 66.2 cm³/mol. The molecule has 3 N–H and O–H groups in total. The molecule has 0 aliphatic rings. The molecule has 0 saturated heterocycles. The Kier molecular flexibility index (Phi) is 4.43. The third-order valence-electron chi connectivity index (χ3n) is 2.66. The number of nitrogens with one attached hydrogen (secondary N) is 1. The molecule has 0 bridgehead atoms. The average Bonchev–Trinajstić information content (AvgIpc) is 2.36. The van der Waals surface area contributed by atoms with E-state index >= 15 is 0 Å². The topological polar surface area (TPSA) is 69.6 Å². The zero-order valence-electron chi connectivity index (χ0n) is 9.81. The van der Waals surface area contributed by atoms with Crippen molar-refractivity contribution in [3.05, 3.63) is 42.5 Å². The molecule has 1 rings (SSSR count). The van der Waals surface area contributed by atoms with Crippen LogP contribution in [0.25, 0.3) is 5.57 Å². The second-order valence-corrected chi connectivity index (χ2v) is 3.92. The Hall–Kier alpha value is -1.65. The fourth-order valence-corrected chi connectivity index (χ4v) is 1.65. The lowest BCUT2D eigenvalue weighted by atomic mass is 9.87. The molecule has 0 spiro atoms. The van der Waals surface area contributed by atoms with Gasteiger partial charge in [-0.25, -0.2) is 0 Å². The molecule has 4 heteroatoms. The number of carbonyl (C=O) groups is 1. The van der Waals surface area contributed by atoms with Gasteiger partial charge in [-0.1, -0.05) is 36.9 Å². The van der Waals surface area contributed by atoms with Gasteiger partial charge in [0.2, 0.25) is 5.91 Å². The molecule has 0 aliphatic heterocycles. The largest absolute Gasteiger partial charge is 0.393 e. The van der Waals surface area contributed by atoms with Crippen LogP contribution in [-0.2, 0) is 4.79 Å². The van der Waals surface area contributed by atoms with Crippen LogP contribution < -0.4 is 5.32 Å².